The zero-order valence-electron chi connectivity index (χ0n) is 11.1. The van der Waals surface area contributed by atoms with Gasteiger partial charge in [-0.2, -0.15) is 0 Å². The van der Waals surface area contributed by atoms with Crippen molar-refractivity contribution in [3.8, 4) is 0 Å². The number of benzene rings is 1. The van der Waals surface area contributed by atoms with Gasteiger partial charge < -0.3 is 4.90 Å². The minimum Gasteiger partial charge on any atom is -0.302 e. The molecule has 0 aliphatic rings. The quantitative estimate of drug-likeness (QED) is 0.743. The molecule has 0 aliphatic carbocycles. The summed E-state index contributed by atoms with van der Waals surface area (Å²) in [5.41, 5.74) is 2.00. The van der Waals surface area contributed by atoms with Crippen molar-refractivity contribution in [2.24, 2.45) is 0 Å². The van der Waals surface area contributed by atoms with Gasteiger partial charge in [0, 0.05) is 37.5 Å². The highest BCUT2D eigenvalue weighted by atomic mass is 16.1. The summed E-state index contributed by atoms with van der Waals surface area (Å²) in [6.45, 7) is 1.60. The molecule has 2 aromatic rings. The van der Waals surface area contributed by atoms with Crippen LogP contribution in [0.4, 0.5) is 0 Å². The third-order valence-corrected chi connectivity index (χ3v) is 3.02. The summed E-state index contributed by atoms with van der Waals surface area (Å²) in [5, 5.41) is 0. The Labute approximate surface area is 113 Å². The number of rotatable bonds is 6. The second-order valence-electron chi connectivity index (χ2n) is 4.63. The van der Waals surface area contributed by atoms with Gasteiger partial charge in [-0.25, -0.2) is 0 Å². The Balaban J connectivity index is 1.81. The predicted molar refractivity (Wildman–Crippen MR) is 76.0 cm³/mol. The molecule has 0 radical (unpaired) electrons. The summed E-state index contributed by atoms with van der Waals surface area (Å²) >= 11 is 0. The topological polar surface area (TPSA) is 33.2 Å². The molecule has 0 N–H and O–H groups in total. The molecule has 19 heavy (non-hydrogen) atoms. The van der Waals surface area contributed by atoms with E-state index in [4.69, 9.17) is 0 Å². The van der Waals surface area contributed by atoms with Crippen LogP contribution >= 0.6 is 0 Å². The summed E-state index contributed by atoms with van der Waals surface area (Å²) in [7, 11) is 2.03. The predicted octanol–water partition coefficient (Wildman–Crippen LogP) is 2.79. The van der Waals surface area contributed by atoms with E-state index in [1.807, 2.05) is 49.5 Å². The zero-order chi connectivity index (χ0) is 13.5. The van der Waals surface area contributed by atoms with Crippen molar-refractivity contribution < 1.29 is 4.79 Å². The maximum Gasteiger partial charge on any atom is 0.164 e. The van der Waals surface area contributed by atoms with Crippen LogP contribution in [0.25, 0.3) is 0 Å². The molecule has 98 valence electrons. The lowest BCUT2D eigenvalue weighted by Gasteiger charge is -2.15. The maximum atomic E-state index is 12.0. The van der Waals surface area contributed by atoms with E-state index in [0.29, 0.717) is 6.42 Å². The van der Waals surface area contributed by atoms with Gasteiger partial charge in [0.2, 0.25) is 0 Å². The Bertz CT molecular complexity index is 511. The van der Waals surface area contributed by atoms with Crippen molar-refractivity contribution in [1.29, 1.82) is 0 Å². The average Bonchev–Trinajstić information content (AvgIpc) is 2.47. The van der Waals surface area contributed by atoms with E-state index in [1.165, 1.54) is 5.56 Å². The van der Waals surface area contributed by atoms with E-state index in [2.05, 4.69) is 9.88 Å². The van der Waals surface area contributed by atoms with E-state index in [1.54, 1.807) is 12.4 Å². The lowest BCUT2D eigenvalue weighted by molar-refractivity contribution is 0.0968. The number of ketones is 1. The monoisotopic (exact) mass is 254 g/mol. The number of aromatic nitrogens is 1. The smallest absolute Gasteiger partial charge is 0.164 e. The summed E-state index contributed by atoms with van der Waals surface area (Å²) < 4.78 is 0. The third-order valence-electron chi connectivity index (χ3n) is 3.02. The van der Waals surface area contributed by atoms with Crippen molar-refractivity contribution >= 4 is 5.78 Å². The first-order valence-electron chi connectivity index (χ1n) is 6.41. The van der Waals surface area contributed by atoms with Crippen LogP contribution in [0.1, 0.15) is 22.3 Å². The van der Waals surface area contributed by atoms with Gasteiger partial charge in [-0.15, -0.1) is 0 Å². The average molecular weight is 254 g/mol. The van der Waals surface area contributed by atoms with Crippen LogP contribution in [0.2, 0.25) is 0 Å². The Morgan fingerprint density at radius 1 is 1.11 bits per heavy atom. The standard InChI is InChI=1S/C16H18N2O/c1-18(13-14-7-10-17-11-8-14)12-9-16(19)15-5-3-2-4-6-15/h2-8,10-11H,9,12-13H2,1H3. The number of pyridine rings is 1. The van der Waals surface area contributed by atoms with Crippen molar-refractivity contribution in [2.45, 2.75) is 13.0 Å². The van der Waals surface area contributed by atoms with Gasteiger partial charge in [0.15, 0.2) is 5.78 Å². The lowest BCUT2D eigenvalue weighted by atomic mass is 10.1. The van der Waals surface area contributed by atoms with Crippen LogP contribution in [0, 0.1) is 0 Å². The first-order valence-corrected chi connectivity index (χ1v) is 6.41. The fourth-order valence-corrected chi connectivity index (χ4v) is 1.94. The maximum absolute atomic E-state index is 12.0. The highest BCUT2D eigenvalue weighted by Crippen LogP contribution is 2.06. The zero-order valence-corrected chi connectivity index (χ0v) is 11.1. The molecule has 1 aromatic heterocycles. The number of hydrogen-bond acceptors (Lipinski definition) is 3. The second-order valence-corrected chi connectivity index (χ2v) is 4.63. The van der Waals surface area contributed by atoms with Gasteiger partial charge in [-0.1, -0.05) is 30.3 Å². The molecule has 0 unspecified atom stereocenters. The van der Waals surface area contributed by atoms with Crippen LogP contribution in [0.5, 0.6) is 0 Å². The van der Waals surface area contributed by atoms with Gasteiger partial charge in [-0.05, 0) is 24.7 Å². The normalized spacial score (nSPS) is 10.6. The van der Waals surface area contributed by atoms with E-state index >= 15 is 0 Å². The molecule has 1 aromatic carbocycles. The summed E-state index contributed by atoms with van der Waals surface area (Å²) in [6.07, 6.45) is 4.13. The molecular weight excluding hydrogens is 236 g/mol. The fraction of sp³-hybridized carbons (Fsp3) is 0.250. The molecule has 2 rings (SSSR count). The summed E-state index contributed by atoms with van der Waals surface area (Å²) in [6, 6.07) is 13.4. The second kappa shape index (κ2) is 6.81. The van der Waals surface area contributed by atoms with Crippen LogP contribution in [0.3, 0.4) is 0 Å². The SMILES string of the molecule is CN(CCC(=O)c1ccccc1)Cc1ccncc1. The van der Waals surface area contributed by atoms with Crippen molar-refractivity contribution in [2.75, 3.05) is 13.6 Å². The van der Waals surface area contributed by atoms with E-state index in [0.717, 1.165) is 18.7 Å². The summed E-state index contributed by atoms with van der Waals surface area (Å²) in [4.78, 5) is 18.1. The fourth-order valence-electron chi connectivity index (χ4n) is 1.94. The molecular formula is C16H18N2O. The molecule has 1 heterocycles. The van der Waals surface area contributed by atoms with Gasteiger partial charge in [-0.3, -0.25) is 9.78 Å². The van der Waals surface area contributed by atoms with Gasteiger partial charge in [0.25, 0.3) is 0 Å². The van der Waals surface area contributed by atoms with Gasteiger partial charge in [0.05, 0.1) is 0 Å². The Morgan fingerprint density at radius 2 is 1.79 bits per heavy atom. The number of Topliss-reactive ketones (excluding diaryl/α,β-unsaturated/α-hetero) is 1. The number of carbonyl (C=O) groups excluding carboxylic acids is 1. The van der Waals surface area contributed by atoms with Crippen molar-refractivity contribution in [3.05, 3.63) is 66.0 Å². The van der Waals surface area contributed by atoms with E-state index in [9.17, 15) is 4.79 Å². The van der Waals surface area contributed by atoms with E-state index < -0.39 is 0 Å². The lowest BCUT2D eigenvalue weighted by Crippen LogP contribution is -2.21. The molecule has 0 amide bonds. The van der Waals surface area contributed by atoms with Crippen LogP contribution in [-0.2, 0) is 6.54 Å². The Hall–Kier alpha value is -2.00. The molecule has 3 heteroatoms. The largest absolute Gasteiger partial charge is 0.302 e. The van der Waals surface area contributed by atoms with Crippen LogP contribution < -0.4 is 0 Å². The van der Waals surface area contributed by atoms with Crippen molar-refractivity contribution in [1.82, 2.24) is 9.88 Å². The van der Waals surface area contributed by atoms with Gasteiger partial charge >= 0.3 is 0 Å². The van der Waals surface area contributed by atoms with Crippen molar-refractivity contribution in [3.63, 3.8) is 0 Å². The molecule has 0 fully saturated rings. The highest BCUT2D eigenvalue weighted by molar-refractivity contribution is 5.96. The Kier molecular flexibility index (Phi) is 4.81. The molecule has 0 saturated heterocycles. The minimum absolute atomic E-state index is 0.196. The summed E-state index contributed by atoms with van der Waals surface area (Å²) in [5.74, 6) is 0.196. The van der Waals surface area contributed by atoms with E-state index in [-0.39, 0.29) is 5.78 Å². The number of carbonyl (C=O) groups is 1. The third kappa shape index (κ3) is 4.30. The van der Waals surface area contributed by atoms with Crippen LogP contribution in [-0.4, -0.2) is 29.3 Å². The first-order chi connectivity index (χ1) is 9.25. The molecule has 0 aliphatic heterocycles. The minimum atomic E-state index is 0.196. The molecule has 3 nitrogen and oxygen atoms in total. The Morgan fingerprint density at radius 3 is 2.47 bits per heavy atom. The van der Waals surface area contributed by atoms with Gasteiger partial charge in [0.1, 0.15) is 0 Å². The first kappa shape index (κ1) is 13.4. The number of hydrogen-bond donors (Lipinski definition) is 0. The molecule has 0 bridgehead atoms. The highest BCUT2D eigenvalue weighted by Gasteiger charge is 2.07. The number of nitrogens with zero attached hydrogens (tertiary/aromatic N) is 2. The molecule has 0 atom stereocenters. The molecule has 0 saturated carbocycles. The molecule has 0 spiro atoms. The van der Waals surface area contributed by atoms with Crippen LogP contribution in [0.15, 0.2) is 54.9 Å².